The fraction of sp³-hybridized carbons (Fsp3) is 0.818. The van der Waals surface area contributed by atoms with Gasteiger partial charge in [-0.15, -0.1) is 0 Å². The molecular formula is C11H19NO4. The van der Waals surface area contributed by atoms with E-state index >= 15 is 0 Å². The highest BCUT2D eigenvalue weighted by atomic mass is 16.5. The van der Waals surface area contributed by atoms with Gasteiger partial charge >= 0.3 is 5.97 Å². The lowest BCUT2D eigenvalue weighted by Gasteiger charge is -2.26. The molecule has 1 rings (SSSR count). The third-order valence-corrected chi connectivity index (χ3v) is 2.72. The molecule has 16 heavy (non-hydrogen) atoms. The summed E-state index contributed by atoms with van der Waals surface area (Å²) in [6, 6.07) is 0. The van der Waals surface area contributed by atoms with Crippen molar-refractivity contribution in [2.75, 3.05) is 20.2 Å². The molecule has 92 valence electrons. The first-order valence-electron chi connectivity index (χ1n) is 5.69. The molecule has 1 amide bonds. The number of carbonyl (C=O) groups is 2. The zero-order valence-electron chi connectivity index (χ0n) is 9.65. The summed E-state index contributed by atoms with van der Waals surface area (Å²) < 4.78 is 5.38. The highest BCUT2D eigenvalue weighted by Gasteiger charge is 2.24. The maximum Gasteiger partial charge on any atom is 0.303 e. The summed E-state index contributed by atoms with van der Waals surface area (Å²) >= 11 is 0. The molecule has 0 aromatic heterocycles. The van der Waals surface area contributed by atoms with E-state index in [9.17, 15) is 9.59 Å². The smallest absolute Gasteiger partial charge is 0.303 e. The Morgan fingerprint density at radius 2 is 2.19 bits per heavy atom. The first kappa shape index (κ1) is 13.0. The Morgan fingerprint density at radius 1 is 1.44 bits per heavy atom. The third kappa shape index (κ3) is 4.18. The second kappa shape index (κ2) is 6.48. The van der Waals surface area contributed by atoms with Crippen LogP contribution in [0.3, 0.4) is 0 Å². The average Bonchev–Trinajstić information content (AvgIpc) is 2.28. The minimum atomic E-state index is -0.824. The van der Waals surface area contributed by atoms with Crippen molar-refractivity contribution < 1.29 is 19.4 Å². The summed E-state index contributed by atoms with van der Waals surface area (Å²) in [5.41, 5.74) is 0. The number of rotatable bonds is 5. The van der Waals surface area contributed by atoms with E-state index in [-0.39, 0.29) is 18.4 Å². The zero-order chi connectivity index (χ0) is 12.0. The molecule has 5 nitrogen and oxygen atoms in total. The number of ether oxygens (including phenoxy) is 1. The van der Waals surface area contributed by atoms with Crippen molar-refractivity contribution >= 4 is 11.9 Å². The Balaban J connectivity index is 2.26. The lowest BCUT2D eigenvalue weighted by atomic mass is 10.1. The van der Waals surface area contributed by atoms with Gasteiger partial charge in [0.15, 0.2) is 0 Å². The zero-order valence-corrected chi connectivity index (χ0v) is 9.65. The molecule has 0 bridgehead atoms. The van der Waals surface area contributed by atoms with Gasteiger partial charge in [0.05, 0.1) is 0 Å². The van der Waals surface area contributed by atoms with Crippen molar-refractivity contribution in [3.63, 3.8) is 0 Å². The molecule has 0 spiro atoms. The monoisotopic (exact) mass is 229 g/mol. The topological polar surface area (TPSA) is 66.8 Å². The number of hydrogen-bond acceptors (Lipinski definition) is 3. The SMILES string of the molecule is CN(CCCC(=O)O)C(=O)C1CCCCO1. The van der Waals surface area contributed by atoms with Crippen LogP contribution in [0, 0.1) is 0 Å². The molecule has 1 heterocycles. The maximum atomic E-state index is 11.8. The predicted octanol–water partition coefficient (Wildman–Crippen LogP) is 0.879. The van der Waals surface area contributed by atoms with E-state index in [2.05, 4.69) is 0 Å². The number of carboxylic acids is 1. The number of amides is 1. The summed E-state index contributed by atoms with van der Waals surface area (Å²) in [6.45, 7) is 1.13. The van der Waals surface area contributed by atoms with E-state index in [4.69, 9.17) is 9.84 Å². The molecule has 0 aromatic carbocycles. The van der Waals surface area contributed by atoms with Gasteiger partial charge in [-0.2, -0.15) is 0 Å². The quantitative estimate of drug-likeness (QED) is 0.760. The van der Waals surface area contributed by atoms with Gasteiger partial charge < -0.3 is 14.7 Å². The number of aliphatic carboxylic acids is 1. The Morgan fingerprint density at radius 3 is 2.75 bits per heavy atom. The van der Waals surface area contributed by atoms with Crippen LogP contribution in [0.4, 0.5) is 0 Å². The molecule has 0 saturated carbocycles. The molecular weight excluding hydrogens is 210 g/mol. The fourth-order valence-electron chi connectivity index (χ4n) is 1.76. The first-order valence-corrected chi connectivity index (χ1v) is 5.69. The van der Waals surface area contributed by atoms with Crippen molar-refractivity contribution in [1.29, 1.82) is 0 Å². The van der Waals surface area contributed by atoms with Crippen LogP contribution in [0.5, 0.6) is 0 Å². The van der Waals surface area contributed by atoms with Crippen molar-refractivity contribution in [3.8, 4) is 0 Å². The van der Waals surface area contributed by atoms with Gasteiger partial charge in [0.1, 0.15) is 6.10 Å². The molecule has 1 atom stereocenters. The largest absolute Gasteiger partial charge is 0.481 e. The minimum absolute atomic E-state index is 0.0231. The van der Waals surface area contributed by atoms with Gasteiger partial charge in [-0.1, -0.05) is 0 Å². The highest BCUT2D eigenvalue weighted by Crippen LogP contribution is 2.14. The second-order valence-electron chi connectivity index (χ2n) is 4.11. The molecule has 1 aliphatic heterocycles. The molecule has 1 unspecified atom stereocenters. The Hall–Kier alpha value is -1.10. The predicted molar refractivity (Wildman–Crippen MR) is 58.1 cm³/mol. The number of hydrogen-bond donors (Lipinski definition) is 1. The molecule has 1 N–H and O–H groups in total. The van der Waals surface area contributed by atoms with E-state index in [0.29, 0.717) is 19.6 Å². The third-order valence-electron chi connectivity index (χ3n) is 2.72. The fourth-order valence-corrected chi connectivity index (χ4v) is 1.76. The van der Waals surface area contributed by atoms with E-state index in [0.717, 1.165) is 19.3 Å². The maximum absolute atomic E-state index is 11.8. The average molecular weight is 229 g/mol. The number of likely N-dealkylation sites (N-methyl/N-ethyl adjacent to an activating group) is 1. The van der Waals surface area contributed by atoms with E-state index in [1.807, 2.05) is 0 Å². The van der Waals surface area contributed by atoms with Crippen molar-refractivity contribution in [2.45, 2.75) is 38.2 Å². The van der Waals surface area contributed by atoms with Crippen LogP contribution in [0.2, 0.25) is 0 Å². The molecule has 5 heteroatoms. The van der Waals surface area contributed by atoms with E-state index < -0.39 is 5.97 Å². The lowest BCUT2D eigenvalue weighted by Crippen LogP contribution is -2.40. The van der Waals surface area contributed by atoms with Crippen LogP contribution >= 0.6 is 0 Å². The summed E-state index contributed by atoms with van der Waals surface area (Å²) in [6.07, 6.45) is 3.10. The van der Waals surface area contributed by atoms with Crippen LogP contribution in [0.15, 0.2) is 0 Å². The second-order valence-corrected chi connectivity index (χ2v) is 4.11. The highest BCUT2D eigenvalue weighted by molar-refractivity contribution is 5.80. The van der Waals surface area contributed by atoms with Crippen LogP contribution in [0.25, 0.3) is 0 Å². The standard InChI is InChI=1S/C11H19NO4/c1-12(7-4-6-10(13)14)11(15)9-5-2-3-8-16-9/h9H,2-8H2,1H3,(H,13,14). The van der Waals surface area contributed by atoms with Gasteiger partial charge in [0.25, 0.3) is 5.91 Å². The molecule has 1 fully saturated rings. The minimum Gasteiger partial charge on any atom is -0.481 e. The molecule has 0 aromatic rings. The van der Waals surface area contributed by atoms with E-state index in [1.54, 1.807) is 11.9 Å². The summed E-state index contributed by atoms with van der Waals surface area (Å²) in [5.74, 6) is -0.847. The van der Waals surface area contributed by atoms with Crippen LogP contribution < -0.4 is 0 Å². The first-order chi connectivity index (χ1) is 7.61. The van der Waals surface area contributed by atoms with Crippen molar-refractivity contribution in [3.05, 3.63) is 0 Å². The molecule has 1 aliphatic rings. The number of nitrogens with zero attached hydrogens (tertiary/aromatic N) is 1. The van der Waals surface area contributed by atoms with Gasteiger partial charge in [-0.3, -0.25) is 9.59 Å². The van der Waals surface area contributed by atoms with Crippen LogP contribution in [-0.4, -0.2) is 48.2 Å². The van der Waals surface area contributed by atoms with Gasteiger partial charge in [0, 0.05) is 26.6 Å². The number of carbonyl (C=O) groups excluding carboxylic acids is 1. The normalized spacial score (nSPS) is 20.4. The Labute approximate surface area is 95.4 Å². The van der Waals surface area contributed by atoms with Gasteiger partial charge in [-0.05, 0) is 25.7 Å². The summed E-state index contributed by atoms with van der Waals surface area (Å²) in [7, 11) is 1.70. The Kier molecular flexibility index (Phi) is 5.25. The van der Waals surface area contributed by atoms with Gasteiger partial charge in [-0.25, -0.2) is 0 Å². The van der Waals surface area contributed by atoms with Crippen LogP contribution in [-0.2, 0) is 14.3 Å². The molecule has 0 radical (unpaired) electrons. The number of carboxylic acid groups (broad SMARTS) is 1. The van der Waals surface area contributed by atoms with Gasteiger partial charge in [0.2, 0.25) is 0 Å². The van der Waals surface area contributed by atoms with Crippen LogP contribution in [0.1, 0.15) is 32.1 Å². The molecule has 1 saturated heterocycles. The van der Waals surface area contributed by atoms with Crippen molar-refractivity contribution in [2.24, 2.45) is 0 Å². The van der Waals surface area contributed by atoms with Crippen molar-refractivity contribution in [1.82, 2.24) is 4.90 Å². The Bertz CT molecular complexity index is 248. The summed E-state index contributed by atoms with van der Waals surface area (Å²) in [4.78, 5) is 23.7. The molecule has 0 aliphatic carbocycles. The summed E-state index contributed by atoms with van der Waals surface area (Å²) in [5, 5.41) is 8.49. The van der Waals surface area contributed by atoms with E-state index in [1.165, 1.54) is 0 Å². The lowest BCUT2D eigenvalue weighted by molar-refractivity contribution is -0.145.